The largest absolute Gasteiger partial charge is 0.480 e. The van der Waals surface area contributed by atoms with E-state index in [0.717, 1.165) is 0 Å². The van der Waals surface area contributed by atoms with E-state index < -0.39 is 22.7 Å². The van der Waals surface area contributed by atoms with E-state index >= 15 is 0 Å². The number of nitrogens with zero attached hydrogens (tertiary/aromatic N) is 2. The van der Waals surface area contributed by atoms with Crippen LogP contribution in [0.2, 0.25) is 0 Å². The molecule has 0 fully saturated rings. The Morgan fingerprint density at radius 1 is 1.67 bits per heavy atom. The van der Waals surface area contributed by atoms with Crippen molar-refractivity contribution >= 4 is 21.6 Å². The van der Waals surface area contributed by atoms with Crippen LogP contribution >= 0.6 is 15.9 Å². The number of rotatable bonds is 3. The summed E-state index contributed by atoms with van der Waals surface area (Å²) in [6.07, 6.45) is -2.88. The van der Waals surface area contributed by atoms with Crippen LogP contribution in [-0.2, 0) is 0 Å². The summed E-state index contributed by atoms with van der Waals surface area (Å²) in [6, 6.07) is 0.706. The van der Waals surface area contributed by atoms with Crippen LogP contribution in [0.4, 0.5) is 14.5 Å². The molecule has 0 amide bonds. The molecule has 1 aromatic rings. The number of pyridine rings is 1. The summed E-state index contributed by atoms with van der Waals surface area (Å²) < 4.78 is 29.2. The molecular weight excluding hydrogens is 278 g/mol. The molecule has 0 unspecified atom stereocenters. The molecule has 1 rings (SSSR count). The van der Waals surface area contributed by atoms with Crippen molar-refractivity contribution in [1.29, 1.82) is 0 Å². The Morgan fingerprint density at radius 2 is 2.27 bits per heavy atom. The van der Waals surface area contributed by atoms with E-state index in [1.807, 2.05) is 0 Å². The van der Waals surface area contributed by atoms with Crippen molar-refractivity contribution in [2.75, 3.05) is 7.11 Å². The highest BCUT2D eigenvalue weighted by atomic mass is 79.9. The van der Waals surface area contributed by atoms with E-state index in [1.165, 1.54) is 7.11 Å². The van der Waals surface area contributed by atoms with E-state index in [2.05, 4.69) is 25.7 Å². The molecule has 15 heavy (non-hydrogen) atoms. The third kappa shape index (κ3) is 2.38. The van der Waals surface area contributed by atoms with Gasteiger partial charge in [-0.05, 0) is 15.9 Å². The van der Waals surface area contributed by atoms with Gasteiger partial charge in [-0.25, -0.2) is 13.8 Å². The first-order valence-electron chi connectivity index (χ1n) is 3.64. The van der Waals surface area contributed by atoms with Gasteiger partial charge in [-0.3, -0.25) is 10.1 Å². The van der Waals surface area contributed by atoms with Crippen molar-refractivity contribution in [3.05, 3.63) is 26.3 Å². The second-order valence-electron chi connectivity index (χ2n) is 2.45. The fourth-order valence-corrected chi connectivity index (χ4v) is 1.40. The van der Waals surface area contributed by atoms with Crippen molar-refractivity contribution in [3.63, 3.8) is 0 Å². The van der Waals surface area contributed by atoms with Crippen LogP contribution < -0.4 is 4.74 Å². The van der Waals surface area contributed by atoms with Gasteiger partial charge in [0.15, 0.2) is 4.47 Å². The van der Waals surface area contributed by atoms with Gasteiger partial charge in [0.1, 0.15) is 5.69 Å². The molecule has 82 valence electrons. The third-order valence-electron chi connectivity index (χ3n) is 1.54. The van der Waals surface area contributed by atoms with Crippen LogP contribution in [0.3, 0.4) is 0 Å². The van der Waals surface area contributed by atoms with Crippen molar-refractivity contribution in [1.82, 2.24) is 4.98 Å². The number of hydrogen-bond acceptors (Lipinski definition) is 4. The first-order valence-corrected chi connectivity index (χ1v) is 4.43. The van der Waals surface area contributed by atoms with Gasteiger partial charge in [-0.1, -0.05) is 0 Å². The van der Waals surface area contributed by atoms with Crippen molar-refractivity contribution < 1.29 is 18.4 Å². The predicted octanol–water partition coefficient (Wildman–Crippen LogP) is 2.70. The third-order valence-corrected chi connectivity index (χ3v) is 2.29. The number of hydrogen-bond donors (Lipinski definition) is 0. The van der Waals surface area contributed by atoms with Crippen LogP contribution in [0.5, 0.6) is 5.88 Å². The number of halogens is 3. The number of nitro groups is 1. The zero-order chi connectivity index (χ0) is 11.6. The molecule has 0 aliphatic heterocycles. The molecule has 0 N–H and O–H groups in total. The molecule has 0 bridgehead atoms. The van der Waals surface area contributed by atoms with Crippen molar-refractivity contribution in [2.24, 2.45) is 0 Å². The number of aromatic nitrogens is 1. The fraction of sp³-hybridized carbons (Fsp3) is 0.286. The Labute approximate surface area is 91.3 Å². The summed E-state index contributed by atoms with van der Waals surface area (Å²) in [5, 5.41) is 10.5. The average molecular weight is 283 g/mol. The lowest BCUT2D eigenvalue weighted by Crippen LogP contribution is -2.00. The number of ether oxygens (including phenoxy) is 1. The lowest BCUT2D eigenvalue weighted by Gasteiger charge is -2.05. The van der Waals surface area contributed by atoms with Gasteiger partial charge in [-0.2, -0.15) is 0 Å². The smallest absolute Gasteiger partial charge is 0.291 e. The first kappa shape index (κ1) is 11.8. The van der Waals surface area contributed by atoms with Gasteiger partial charge in [0.2, 0.25) is 5.88 Å². The quantitative estimate of drug-likeness (QED) is 0.632. The molecule has 8 heteroatoms. The van der Waals surface area contributed by atoms with Crippen LogP contribution in [-0.4, -0.2) is 17.0 Å². The standard InChI is InChI=1S/C7H5BrF2N2O3/c1-15-7-5(8)4(12(13)14)2-3(11-7)6(9)10/h2,6H,1H3. The molecule has 0 saturated carbocycles. The summed E-state index contributed by atoms with van der Waals surface area (Å²) in [7, 11) is 1.19. The first-order chi connectivity index (χ1) is 6.97. The molecule has 1 aromatic heterocycles. The minimum Gasteiger partial charge on any atom is -0.480 e. The summed E-state index contributed by atoms with van der Waals surface area (Å²) >= 11 is 2.85. The van der Waals surface area contributed by atoms with E-state index in [9.17, 15) is 18.9 Å². The Kier molecular flexibility index (Phi) is 3.51. The molecule has 0 aromatic carbocycles. The summed E-state index contributed by atoms with van der Waals surface area (Å²) in [6.45, 7) is 0. The van der Waals surface area contributed by atoms with Gasteiger partial charge in [0.05, 0.1) is 12.0 Å². The monoisotopic (exact) mass is 282 g/mol. The van der Waals surface area contributed by atoms with Gasteiger partial charge >= 0.3 is 0 Å². The van der Waals surface area contributed by atoms with Crippen LogP contribution in [0, 0.1) is 10.1 Å². The predicted molar refractivity (Wildman–Crippen MR) is 50.1 cm³/mol. The van der Waals surface area contributed by atoms with Gasteiger partial charge < -0.3 is 4.74 Å². The number of alkyl halides is 2. The van der Waals surface area contributed by atoms with Crippen LogP contribution in [0.15, 0.2) is 10.5 Å². The second-order valence-corrected chi connectivity index (χ2v) is 3.24. The topological polar surface area (TPSA) is 65.3 Å². The minimum atomic E-state index is -2.88. The summed E-state index contributed by atoms with van der Waals surface area (Å²) in [4.78, 5) is 13.1. The lowest BCUT2D eigenvalue weighted by molar-refractivity contribution is -0.385. The molecule has 0 aliphatic carbocycles. The maximum atomic E-state index is 12.3. The summed E-state index contributed by atoms with van der Waals surface area (Å²) in [5.41, 5.74) is -1.20. The van der Waals surface area contributed by atoms with E-state index in [4.69, 9.17) is 0 Å². The molecule has 0 radical (unpaired) electrons. The zero-order valence-corrected chi connectivity index (χ0v) is 8.99. The van der Waals surface area contributed by atoms with Crippen molar-refractivity contribution in [2.45, 2.75) is 6.43 Å². The van der Waals surface area contributed by atoms with E-state index in [-0.39, 0.29) is 10.4 Å². The molecule has 0 spiro atoms. The van der Waals surface area contributed by atoms with Gasteiger partial charge in [-0.15, -0.1) is 0 Å². The highest BCUT2D eigenvalue weighted by Gasteiger charge is 2.23. The lowest BCUT2D eigenvalue weighted by atomic mass is 10.3. The minimum absolute atomic E-state index is 0.0561. The van der Waals surface area contributed by atoms with Crippen molar-refractivity contribution in [3.8, 4) is 5.88 Å². The van der Waals surface area contributed by atoms with Crippen LogP contribution in [0.25, 0.3) is 0 Å². The molecule has 0 saturated heterocycles. The van der Waals surface area contributed by atoms with Crippen LogP contribution in [0.1, 0.15) is 12.1 Å². The SMILES string of the molecule is COc1nc(C(F)F)cc([N+](=O)[O-])c1Br. The maximum absolute atomic E-state index is 12.3. The molecule has 1 heterocycles. The fourth-order valence-electron chi connectivity index (χ4n) is 0.891. The highest BCUT2D eigenvalue weighted by molar-refractivity contribution is 9.10. The second kappa shape index (κ2) is 4.47. The Morgan fingerprint density at radius 3 is 2.67 bits per heavy atom. The van der Waals surface area contributed by atoms with E-state index in [1.54, 1.807) is 0 Å². The van der Waals surface area contributed by atoms with Gasteiger partial charge in [0, 0.05) is 6.07 Å². The van der Waals surface area contributed by atoms with Gasteiger partial charge in [0.25, 0.3) is 12.1 Å². The molecule has 0 aliphatic rings. The Bertz CT molecular complexity index is 400. The highest BCUT2D eigenvalue weighted by Crippen LogP contribution is 2.35. The summed E-state index contributed by atoms with van der Waals surface area (Å²) in [5.74, 6) is -0.237. The Hall–Kier alpha value is -1.31. The normalized spacial score (nSPS) is 10.5. The number of methoxy groups -OCH3 is 1. The average Bonchev–Trinajstić information content (AvgIpc) is 2.17. The zero-order valence-electron chi connectivity index (χ0n) is 7.41. The molecule has 5 nitrogen and oxygen atoms in total. The molecular formula is C7H5BrF2N2O3. The van der Waals surface area contributed by atoms with E-state index in [0.29, 0.717) is 6.07 Å². The molecule has 0 atom stereocenters. The Balaban J connectivity index is 3.38. The maximum Gasteiger partial charge on any atom is 0.291 e.